The van der Waals surface area contributed by atoms with Gasteiger partial charge in [-0.15, -0.1) is 0 Å². The van der Waals surface area contributed by atoms with E-state index < -0.39 is 26.7 Å². The minimum absolute atomic E-state index is 0.0366. The van der Waals surface area contributed by atoms with E-state index in [0.717, 1.165) is 6.07 Å². The highest BCUT2D eigenvalue weighted by molar-refractivity contribution is 7.89. The predicted octanol–water partition coefficient (Wildman–Crippen LogP) is 1.32. The molecule has 0 amide bonds. The van der Waals surface area contributed by atoms with Crippen LogP contribution in [0.2, 0.25) is 5.02 Å². The first-order chi connectivity index (χ1) is 9.27. The second-order valence-corrected chi connectivity index (χ2v) is 5.58. The molecule has 9 heteroatoms. The van der Waals surface area contributed by atoms with Gasteiger partial charge >= 0.3 is 5.97 Å². The molecule has 0 aliphatic rings. The van der Waals surface area contributed by atoms with Gasteiger partial charge in [-0.25, -0.2) is 22.7 Å². The molecule has 0 atom stereocenters. The van der Waals surface area contributed by atoms with Crippen LogP contribution in [-0.2, 0) is 19.5 Å². The first-order valence-corrected chi connectivity index (χ1v) is 7.46. The highest BCUT2D eigenvalue weighted by atomic mass is 35.5. The number of benzene rings is 1. The van der Waals surface area contributed by atoms with Crippen molar-refractivity contribution >= 4 is 27.6 Å². The minimum Gasteiger partial charge on any atom is -0.460 e. The molecule has 1 aromatic carbocycles. The van der Waals surface area contributed by atoms with Crippen LogP contribution < -0.4 is 5.14 Å². The molecule has 1 aromatic rings. The number of halogens is 2. The molecule has 0 spiro atoms. The van der Waals surface area contributed by atoms with Crippen molar-refractivity contribution in [3.05, 3.63) is 28.5 Å². The number of nitrogens with two attached hydrogens (primary N) is 1. The van der Waals surface area contributed by atoms with E-state index in [4.69, 9.17) is 26.2 Å². The summed E-state index contributed by atoms with van der Waals surface area (Å²) in [4.78, 5) is 10.9. The molecule has 0 fully saturated rings. The minimum atomic E-state index is -4.30. The van der Waals surface area contributed by atoms with Crippen molar-refractivity contribution < 1.29 is 27.1 Å². The molecule has 2 N–H and O–H groups in total. The van der Waals surface area contributed by atoms with Crippen molar-refractivity contribution in [2.45, 2.75) is 11.8 Å². The molecule has 0 radical (unpaired) electrons. The van der Waals surface area contributed by atoms with E-state index in [2.05, 4.69) is 0 Å². The molecular formula is C11H13ClFNO5S. The summed E-state index contributed by atoms with van der Waals surface area (Å²) in [6.07, 6.45) is 0. The second kappa shape index (κ2) is 6.98. The lowest BCUT2D eigenvalue weighted by Gasteiger charge is -2.08. The van der Waals surface area contributed by atoms with Crippen LogP contribution in [-0.4, -0.2) is 34.2 Å². The lowest BCUT2D eigenvalue weighted by atomic mass is 10.2. The van der Waals surface area contributed by atoms with Gasteiger partial charge in [-0.2, -0.15) is 0 Å². The smallest absolute Gasteiger partial charge is 0.339 e. The fraction of sp³-hybridized carbons (Fsp3) is 0.364. The third kappa shape index (κ3) is 4.41. The number of ether oxygens (including phenoxy) is 2. The number of carbonyl (C=O) groups excluding carboxylic acids is 1. The Morgan fingerprint density at radius 2 is 2.05 bits per heavy atom. The summed E-state index contributed by atoms with van der Waals surface area (Å²) >= 11 is 5.68. The lowest BCUT2D eigenvalue weighted by molar-refractivity contribution is 0.0335. The molecule has 0 saturated heterocycles. The zero-order chi connectivity index (χ0) is 15.3. The van der Waals surface area contributed by atoms with Crippen molar-refractivity contribution in [2.75, 3.05) is 19.8 Å². The number of primary sulfonamides is 1. The van der Waals surface area contributed by atoms with Gasteiger partial charge in [0.05, 0.1) is 17.2 Å². The largest absolute Gasteiger partial charge is 0.460 e. The van der Waals surface area contributed by atoms with Crippen LogP contribution in [0.5, 0.6) is 0 Å². The number of sulfonamides is 1. The Hall–Kier alpha value is -1.22. The molecule has 0 heterocycles. The van der Waals surface area contributed by atoms with Crippen molar-refractivity contribution in [1.29, 1.82) is 0 Å². The van der Waals surface area contributed by atoms with Crippen LogP contribution in [0.3, 0.4) is 0 Å². The zero-order valence-corrected chi connectivity index (χ0v) is 12.1. The van der Waals surface area contributed by atoms with E-state index in [-0.39, 0.29) is 23.8 Å². The summed E-state index contributed by atoms with van der Waals surface area (Å²) in [6.45, 7) is 2.38. The third-order valence-corrected chi connectivity index (χ3v) is 3.45. The summed E-state index contributed by atoms with van der Waals surface area (Å²) in [5.41, 5.74) is -0.284. The van der Waals surface area contributed by atoms with Crippen LogP contribution in [0.15, 0.2) is 17.0 Å². The Bertz CT molecular complexity index is 605. The average Bonchev–Trinajstić information content (AvgIpc) is 2.32. The second-order valence-electron chi connectivity index (χ2n) is 3.64. The van der Waals surface area contributed by atoms with Gasteiger partial charge in [-0.3, -0.25) is 0 Å². The van der Waals surface area contributed by atoms with Crippen LogP contribution in [0.4, 0.5) is 4.39 Å². The molecule has 112 valence electrons. The summed E-state index contributed by atoms with van der Waals surface area (Å²) in [5, 5.41) is 4.57. The van der Waals surface area contributed by atoms with Gasteiger partial charge in [0.25, 0.3) is 0 Å². The maximum Gasteiger partial charge on any atom is 0.339 e. The predicted molar refractivity (Wildman–Crippen MR) is 69.6 cm³/mol. The fourth-order valence-electron chi connectivity index (χ4n) is 1.32. The topological polar surface area (TPSA) is 95.7 Å². The maximum atomic E-state index is 13.4. The van der Waals surface area contributed by atoms with E-state index in [9.17, 15) is 17.6 Å². The number of rotatable bonds is 6. The van der Waals surface area contributed by atoms with Crippen LogP contribution >= 0.6 is 11.6 Å². The van der Waals surface area contributed by atoms with Gasteiger partial charge in [0.1, 0.15) is 17.3 Å². The molecule has 0 bridgehead atoms. The van der Waals surface area contributed by atoms with E-state index in [1.54, 1.807) is 6.92 Å². The molecule has 20 heavy (non-hydrogen) atoms. The van der Waals surface area contributed by atoms with Crippen molar-refractivity contribution in [2.24, 2.45) is 5.14 Å². The monoisotopic (exact) mass is 325 g/mol. The van der Waals surface area contributed by atoms with E-state index >= 15 is 0 Å². The van der Waals surface area contributed by atoms with Gasteiger partial charge < -0.3 is 9.47 Å². The van der Waals surface area contributed by atoms with Crippen LogP contribution in [0.1, 0.15) is 17.3 Å². The number of hydrogen-bond acceptors (Lipinski definition) is 5. The zero-order valence-electron chi connectivity index (χ0n) is 10.6. The van der Waals surface area contributed by atoms with E-state index in [1.165, 1.54) is 0 Å². The van der Waals surface area contributed by atoms with Gasteiger partial charge in [0.2, 0.25) is 10.0 Å². The van der Waals surface area contributed by atoms with E-state index in [0.29, 0.717) is 12.7 Å². The summed E-state index contributed by atoms with van der Waals surface area (Å²) in [7, 11) is -4.30. The van der Waals surface area contributed by atoms with E-state index in [1.807, 2.05) is 0 Å². The highest BCUT2D eigenvalue weighted by Crippen LogP contribution is 2.24. The molecule has 0 unspecified atom stereocenters. The average molecular weight is 326 g/mol. The van der Waals surface area contributed by atoms with Gasteiger partial charge in [-0.1, -0.05) is 11.6 Å². The number of carbonyl (C=O) groups is 1. The van der Waals surface area contributed by atoms with Crippen LogP contribution in [0.25, 0.3) is 0 Å². The Labute approximate surface area is 120 Å². The van der Waals surface area contributed by atoms with Gasteiger partial charge in [-0.05, 0) is 19.1 Å². The molecule has 6 nitrogen and oxygen atoms in total. The highest BCUT2D eigenvalue weighted by Gasteiger charge is 2.21. The third-order valence-electron chi connectivity index (χ3n) is 2.21. The van der Waals surface area contributed by atoms with Gasteiger partial charge in [0, 0.05) is 6.61 Å². The number of esters is 1. The van der Waals surface area contributed by atoms with Crippen molar-refractivity contribution in [3.63, 3.8) is 0 Å². The molecule has 0 saturated carbocycles. The molecule has 1 rings (SSSR count). The molecule has 0 aromatic heterocycles. The lowest BCUT2D eigenvalue weighted by Crippen LogP contribution is -2.17. The molecular weight excluding hydrogens is 313 g/mol. The number of hydrogen-bond donors (Lipinski definition) is 1. The Balaban J connectivity index is 2.98. The maximum absolute atomic E-state index is 13.4. The van der Waals surface area contributed by atoms with Crippen LogP contribution in [0, 0.1) is 5.82 Å². The quantitative estimate of drug-likeness (QED) is 0.628. The SMILES string of the molecule is CCOCCOC(=O)c1cc(S(N)(=O)=O)c(F)cc1Cl. The first kappa shape index (κ1) is 16.8. The fourth-order valence-corrected chi connectivity index (χ4v) is 2.16. The van der Waals surface area contributed by atoms with Crippen molar-refractivity contribution in [1.82, 2.24) is 0 Å². The normalized spacial score (nSPS) is 11.4. The molecule has 0 aliphatic carbocycles. The Kier molecular flexibility index (Phi) is 5.88. The standard InChI is InChI=1S/C11H13ClFNO5S/c1-2-18-3-4-19-11(15)7-5-10(20(14,16)17)9(13)6-8(7)12/h5-6H,2-4H2,1H3,(H2,14,16,17). The first-order valence-electron chi connectivity index (χ1n) is 5.54. The Morgan fingerprint density at radius 1 is 1.40 bits per heavy atom. The summed E-state index contributed by atoms with van der Waals surface area (Å²) < 4.78 is 45.5. The van der Waals surface area contributed by atoms with Crippen molar-refractivity contribution in [3.8, 4) is 0 Å². The van der Waals surface area contributed by atoms with Gasteiger partial charge in [0.15, 0.2) is 0 Å². The molecule has 0 aliphatic heterocycles. The summed E-state index contributed by atoms with van der Waals surface area (Å²) in [6, 6.07) is 1.44. The Morgan fingerprint density at radius 3 is 2.60 bits per heavy atom. The summed E-state index contributed by atoms with van der Waals surface area (Å²) in [5.74, 6) is -2.03.